The molecule has 0 heterocycles. The third kappa shape index (κ3) is 5.56. The van der Waals surface area contributed by atoms with Gasteiger partial charge in [-0.25, -0.2) is 4.18 Å². The van der Waals surface area contributed by atoms with Crippen molar-refractivity contribution in [3.8, 4) is 0 Å². The summed E-state index contributed by atoms with van der Waals surface area (Å²) in [6.45, 7) is -1.46. The van der Waals surface area contributed by atoms with Crippen LogP contribution in [0.2, 0.25) is 0 Å². The minimum Gasteiger partial charge on any atom is -0.396 e. The van der Waals surface area contributed by atoms with E-state index in [-0.39, 0.29) is 12.8 Å². The lowest BCUT2D eigenvalue weighted by molar-refractivity contribution is -0.110. The van der Waals surface area contributed by atoms with Crippen LogP contribution < -0.4 is 0 Å². The Morgan fingerprint density at radius 3 is 2.12 bits per heavy atom. The third-order valence-electron chi connectivity index (χ3n) is 4.27. The molecule has 0 saturated heterocycles. The molecule has 24 heavy (non-hydrogen) atoms. The van der Waals surface area contributed by atoms with Crippen LogP contribution in [0.25, 0.3) is 0 Å². The van der Waals surface area contributed by atoms with Crippen LogP contribution >= 0.6 is 0 Å². The lowest BCUT2D eigenvalue weighted by atomic mass is 9.87. The van der Waals surface area contributed by atoms with E-state index in [1.807, 2.05) is 0 Å². The maximum Gasteiger partial charge on any atom is 0.397 e. The Kier molecular flexibility index (Phi) is 7.93. The number of aliphatic hydroxyl groups is 7. The Morgan fingerprint density at radius 1 is 1.08 bits per heavy atom. The highest BCUT2D eigenvalue weighted by atomic mass is 32.3. The van der Waals surface area contributed by atoms with Crippen molar-refractivity contribution in [3.63, 3.8) is 0 Å². The van der Waals surface area contributed by atoms with E-state index >= 15 is 0 Å². The SMILES string of the molecule is O=S(=O)(O)O[C@@H]([C@H](O)[C@H](O)CO)[C@@H](O)C[C@H]1C[C@H](O)[C@@H](O)[C@@H]1CO. The fraction of sp³-hybridized carbons (Fsp3) is 1.00. The zero-order valence-corrected chi connectivity index (χ0v) is 13.5. The van der Waals surface area contributed by atoms with Gasteiger partial charge in [-0.05, 0) is 18.8 Å². The number of hydrogen-bond donors (Lipinski definition) is 8. The molecule has 1 aliphatic rings. The first-order valence-corrected chi connectivity index (χ1v) is 8.66. The molecule has 1 saturated carbocycles. The molecule has 0 radical (unpaired) electrons. The van der Waals surface area contributed by atoms with Crippen LogP contribution in [0, 0.1) is 11.8 Å². The van der Waals surface area contributed by atoms with Gasteiger partial charge in [0, 0.05) is 12.5 Å². The van der Waals surface area contributed by atoms with Gasteiger partial charge in [0.05, 0.1) is 24.9 Å². The van der Waals surface area contributed by atoms with Crippen molar-refractivity contribution in [2.24, 2.45) is 11.8 Å². The molecule has 0 aliphatic heterocycles. The maximum absolute atomic E-state index is 10.9. The quantitative estimate of drug-likeness (QED) is 0.182. The van der Waals surface area contributed by atoms with E-state index in [2.05, 4.69) is 4.18 Å². The second-order valence-electron chi connectivity index (χ2n) is 5.93. The minimum absolute atomic E-state index is 0.000692. The summed E-state index contributed by atoms with van der Waals surface area (Å²) < 4.78 is 34.7. The van der Waals surface area contributed by atoms with Crippen LogP contribution in [0.1, 0.15) is 12.8 Å². The molecule has 1 rings (SSSR count). The van der Waals surface area contributed by atoms with Crippen LogP contribution in [0.5, 0.6) is 0 Å². The van der Waals surface area contributed by atoms with Gasteiger partial charge >= 0.3 is 10.4 Å². The number of aliphatic hydroxyl groups excluding tert-OH is 7. The van der Waals surface area contributed by atoms with Crippen molar-refractivity contribution < 1.29 is 52.9 Å². The Morgan fingerprint density at radius 2 is 1.67 bits per heavy atom. The highest BCUT2D eigenvalue weighted by Crippen LogP contribution is 2.36. The molecule has 0 spiro atoms. The van der Waals surface area contributed by atoms with Crippen LogP contribution in [-0.2, 0) is 14.6 Å². The van der Waals surface area contributed by atoms with E-state index in [0.717, 1.165) is 0 Å². The summed E-state index contributed by atoms with van der Waals surface area (Å²) in [6.07, 6.45) is -10.3. The van der Waals surface area contributed by atoms with Gasteiger partial charge in [-0.15, -0.1) is 0 Å². The normalized spacial score (nSPS) is 33.2. The molecular weight excluding hydrogens is 352 g/mol. The first-order valence-electron chi connectivity index (χ1n) is 7.29. The van der Waals surface area contributed by atoms with Crippen molar-refractivity contribution in [2.45, 2.75) is 49.5 Å². The molecule has 11 nitrogen and oxygen atoms in total. The molecule has 8 N–H and O–H groups in total. The molecule has 144 valence electrons. The summed E-state index contributed by atoms with van der Waals surface area (Å²) in [5, 5.41) is 66.7. The third-order valence-corrected chi connectivity index (χ3v) is 4.73. The van der Waals surface area contributed by atoms with Gasteiger partial charge in [-0.3, -0.25) is 4.55 Å². The van der Waals surface area contributed by atoms with Gasteiger partial charge in [0.25, 0.3) is 0 Å². The van der Waals surface area contributed by atoms with E-state index < -0.39 is 72.1 Å². The van der Waals surface area contributed by atoms with Crippen molar-refractivity contribution >= 4 is 10.4 Å². The van der Waals surface area contributed by atoms with E-state index in [1.165, 1.54) is 0 Å². The van der Waals surface area contributed by atoms with Crippen LogP contribution in [0.3, 0.4) is 0 Å². The van der Waals surface area contributed by atoms with Crippen LogP contribution in [0.15, 0.2) is 0 Å². The van der Waals surface area contributed by atoms with E-state index in [0.29, 0.717) is 0 Å². The molecule has 12 heteroatoms. The molecule has 8 atom stereocenters. The van der Waals surface area contributed by atoms with Gasteiger partial charge in [-0.1, -0.05) is 0 Å². The van der Waals surface area contributed by atoms with E-state index in [9.17, 15) is 39.1 Å². The minimum atomic E-state index is -5.09. The molecule has 0 bridgehead atoms. The van der Waals surface area contributed by atoms with Gasteiger partial charge in [0.2, 0.25) is 0 Å². The summed E-state index contributed by atoms with van der Waals surface area (Å²) in [5.74, 6) is -1.43. The lowest BCUT2D eigenvalue weighted by Gasteiger charge is -2.30. The summed E-state index contributed by atoms with van der Waals surface area (Å²) in [7, 11) is -5.09. The molecule has 0 aromatic carbocycles. The summed E-state index contributed by atoms with van der Waals surface area (Å²) in [5.41, 5.74) is 0. The first-order chi connectivity index (χ1) is 11.0. The average molecular weight is 376 g/mol. The molecule has 0 unspecified atom stereocenters. The standard InChI is InChI=1S/C12H24O11S/c13-3-6-5(1-7(15)10(6)18)2-8(16)12(23-24(20,21)22)11(19)9(17)4-14/h5-19H,1-4H2,(H,20,21,22)/t5-,6-,7+,8+,9-,10+,11-,12-/m1/s1. The Hall–Kier alpha value is -0.410. The molecule has 0 aromatic rings. The topological polar surface area (TPSA) is 205 Å². The largest absolute Gasteiger partial charge is 0.397 e. The van der Waals surface area contributed by atoms with E-state index in [4.69, 9.17) is 9.66 Å². The number of rotatable bonds is 9. The monoisotopic (exact) mass is 376 g/mol. The second kappa shape index (κ2) is 8.80. The van der Waals surface area contributed by atoms with Crippen molar-refractivity contribution in [1.29, 1.82) is 0 Å². The molecule has 0 aromatic heterocycles. The van der Waals surface area contributed by atoms with Gasteiger partial charge in [0.15, 0.2) is 0 Å². The van der Waals surface area contributed by atoms with Crippen molar-refractivity contribution in [2.75, 3.05) is 13.2 Å². The van der Waals surface area contributed by atoms with Crippen molar-refractivity contribution in [1.82, 2.24) is 0 Å². The number of hydrogen-bond acceptors (Lipinski definition) is 10. The molecule has 1 aliphatic carbocycles. The van der Waals surface area contributed by atoms with Gasteiger partial charge < -0.3 is 35.7 Å². The zero-order valence-electron chi connectivity index (χ0n) is 12.7. The summed E-state index contributed by atoms with van der Waals surface area (Å²) >= 11 is 0. The van der Waals surface area contributed by atoms with Gasteiger partial charge in [0.1, 0.15) is 18.3 Å². The Bertz CT molecular complexity index is 483. The van der Waals surface area contributed by atoms with Crippen molar-refractivity contribution in [3.05, 3.63) is 0 Å². The van der Waals surface area contributed by atoms with E-state index in [1.54, 1.807) is 0 Å². The summed E-state index contributed by atoms with van der Waals surface area (Å²) in [4.78, 5) is 0. The molecular formula is C12H24O11S. The smallest absolute Gasteiger partial charge is 0.396 e. The molecule has 0 amide bonds. The first kappa shape index (κ1) is 21.6. The van der Waals surface area contributed by atoms with Crippen LogP contribution in [0.4, 0.5) is 0 Å². The molecule has 1 fully saturated rings. The highest BCUT2D eigenvalue weighted by molar-refractivity contribution is 7.80. The Balaban J connectivity index is 2.89. The predicted octanol–water partition coefficient (Wildman–Crippen LogP) is -4.01. The van der Waals surface area contributed by atoms with Gasteiger partial charge in [-0.2, -0.15) is 8.42 Å². The maximum atomic E-state index is 10.9. The second-order valence-corrected chi connectivity index (χ2v) is 6.98. The lowest BCUT2D eigenvalue weighted by Crippen LogP contribution is -2.49. The van der Waals surface area contributed by atoms with Crippen LogP contribution in [-0.4, -0.2) is 98.6 Å². The summed E-state index contributed by atoms with van der Waals surface area (Å²) in [6, 6.07) is 0. The highest BCUT2D eigenvalue weighted by Gasteiger charge is 2.44. The Labute approximate surface area is 138 Å². The average Bonchev–Trinajstić information content (AvgIpc) is 2.76. The zero-order chi connectivity index (χ0) is 18.7. The fourth-order valence-corrected chi connectivity index (χ4v) is 3.50. The fourth-order valence-electron chi connectivity index (χ4n) is 2.98. The predicted molar refractivity (Wildman–Crippen MR) is 76.8 cm³/mol.